The maximum atomic E-state index is 14.6. The number of halogens is 2. The van der Waals surface area contributed by atoms with E-state index in [1.54, 1.807) is 25.5 Å². The Hall–Kier alpha value is -3.18. The molecule has 1 aliphatic heterocycles. The lowest BCUT2D eigenvalue weighted by atomic mass is 9.99. The molecule has 184 valence electrons. The number of carbonyl (C=O) groups is 1. The second-order valence-corrected chi connectivity index (χ2v) is 10.5. The van der Waals surface area contributed by atoms with Gasteiger partial charge in [-0.3, -0.25) is 14.8 Å². The summed E-state index contributed by atoms with van der Waals surface area (Å²) in [4.78, 5) is 29.1. The second kappa shape index (κ2) is 9.82. The fourth-order valence-corrected chi connectivity index (χ4v) is 6.02. The van der Waals surface area contributed by atoms with Gasteiger partial charge in [-0.1, -0.05) is 0 Å². The van der Waals surface area contributed by atoms with Gasteiger partial charge in [-0.25, -0.2) is 27.2 Å². The highest BCUT2D eigenvalue weighted by Crippen LogP contribution is 2.34. The van der Waals surface area contributed by atoms with E-state index in [-0.39, 0.29) is 12.8 Å². The van der Waals surface area contributed by atoms with Gasteiger partial charge in [-0.2, -0.15) is 4.31 Å². The molecule has 0 radical (unpaired) electrons. The van der Waals surface area contributed by atoms with Gasteiger partial charge in [0.25, 0.3) is 0 Å². The number of hydrogen-bond donors (Lipinski definition) is 0. The van der Waals surface area contributed by atoms with E-state index < -0.39 is 44.8 Å². The van der Waals surface area contributed by atoms with Crippen LogP contribution in [0.4, 0.5) is 8.78 Å². The lowest BCUT2D eigenvalue weighted by Gasteiger charge is -2.26. The van der Waals surface area contributed by atoms with E-state index >= 15 is 0 Å². The Labute approximate surface area is 202 Å². The van der Waals surface area contributed by atoms with E-state index in [4.69, 9.17) is 0 Å². The molecule has 0 N–H and O–H groups in total. The molecule has 4 heterocycles. The molecule has 3 aromatic heterocycles. The van der Waals surface area contributed by atoms with Crippen LogP contribution in [0.2, 0.25) is 0 Å². The number of hydrogen-bond acceptors (Lipinski definition) is 7. The summed E-state index contributed by atoms with van der Waals surface area (Å²) < 4.78 is 55.5. The maximum absolute atomic E-state index is 14.6. The van der Waals surface area contributed by atoms with Crippen molar-refractivity contribution < 1.29 is 22.0 Å². The summed E-state index contributed by atoms with van der Waals surface area (Å²) in [5, 5.41) is 0. The average molecular weight is 502 g/mol. The molecular weight excluding hydrogens is 476 g/mol. The first-order chi connectivity index (χ1) is 16.6. The van der Waals surface area contributed by atoms with Gasteiger partial charge < -0.3 is 0 Å². The first-order valence-electron chi connectivity index (χ1n) is 11.1. The van der Waals surface area contributed by atoms with Gasteiger partial charge in [0, 0.05) is 43.2 Å². The Bertz CT molecular complexity index is 1350. The van der Waals surface area contributed by atoms with Crippen molar-refractivity contribution in [3.05, 3.63) is 65.9 Å². The van der Waals surface area contributed by atoms with Crippen LogP contribution in [0.1, 0.15) is 36.7 Å². The van der Waals surface area contributed by atoms with Crippen molar-refractivity contribution in [3.63, 3.8) is 0 Å². The van der Waals surface area contributed by atoms with Crippen LogP contribution in [0, 0.1) is 19.7 Å². The number of nitrogens with zero attached hydrogens (tertiary/aromatic N) is 5. The van der Waals surface area contributed by atoms with Crippen LogP contribution < -0.4 is 0 Å². The summed E-state index contributed by atoms with van der Waals surface area (Å²) in [6.07, 6.45) is 5.46. The smallest absolute Gasteiger partial charge is 0.245 e. The molecule has 0 amide bonds. The normalized spacial score (nSPS) is 20.8. The van der Waals surface area contributed by atoms with Crippen LogP contribution in [0.25, 0.3) is 11.3 Å². The van der Waals surface area contributed by atoms with Crippen LogP contribution in [0.15, 0.2) is 48.0 Å². The molecular formula is C24H25F2N5O3S. The van der Waals surface area contributed by atoms with E-state index in [0.717, 1.165) is 39.5 Å². The summed E-state index contributed by atoms with van der Waals surface area (Å²) in [7, 11) is -4.33. The summed E-state index contributed by atoms with van der Waals surface area (Å²) in [5.41, 5.74) is 3.11. The zero-order chi connectivity index (χ0) is 25.3. The third-order valence-electron chi connectivity index (χ3n) is 6.24. The highest BCUT2D eigenvalue weighted by atomic mass is 32.2. The number of carbonyl (C=O) groups excluding carboxylic acids is 1. The minimum Gasteiger partial charge on any atom is -0.298 e. The minimum absolute atomic E-state index is 0.00617. The molecule has 11 heteroatoms. The summed E-state index contributed by atoms with van der Waals surface area (Å²) >= 11 is 0. The van der Waals surface area contributed by atoms with E-state index in [9.17, 15) is 22.0 Å². The largest absolute Gasteiger partial charge is 0.298 e. The summed E-state index contributed by atoms with van der Waals surface area (Å²) in [6.45, 7) is 5.06. The van der Waals surface area contributed by atoms with Crippen LogP contribution >= 0.6 is 0 Å². The van der Waals surface area contributed by atoms with Crippen molar-refractivity contribution in [2.24, 2.45) is 0 Å². The molecule has 0 aromatic carbocycles. The van der Waals surface area contributed by atoms with E-state index in [2.05, 4.69) is 19.9 Å². The molecule has 3 aromatic rings. The zero-order valence-electron chi connectivity index (χ0n) is 19.5. The van der Waals surface area contributed by atoms with E-state index in [1.807, 2.05) is 13.0 Å². The Kier molecular flexibility index (Phi) is 7.00. The van der Waals surface area contributed by atoms with Crippen molar-refractivity contribution >= 4 is 15.8 Å². The highest BCUT2D eigenvalue weighted by molar-refractivity contribution is 7.89. The Morgan fingerprint density at radius 3 is 2.49 bits per heavy atom. The third kappa shape index (κ3) is 5.10. The minimum atomic E-state index is -4.33. The molecule has 3 atom stereocenters. The third-order valence-corrected chi connectivity index (χ3v) is 8.20. The number of Topliss-reactive ketones (excluding diaryl/α,β-unsaturated/α-hetero) is 1. The quantitative estimate of drug-likeness (QED) is 0.489. The molecule has 4 rings (SSSR count). The predicted octanol–water partition coefficient (Wildman–Crippen LogP) is 3.38. The molecule has 35 heavy (non-hydrogen) atoms. The van der Waals surface area contributed by atoms with Gasteiger partial charge in [0.2, 0.25) is 10.0 Å². The van der Waals surface area contributed by atoms with Crippen molar-refractivity contribution in [2.75, 3.05) is 0 Å². The number of ketones is 1. The average Bonchev–Trinajstić information content (AvgIpc) is 3.14. The Morgan fingerprint density at radius 2 is 1.80 bits per heavy atom. The van der Waals surface area contributed by atoms with Crippen molar-refractivity contribution in [2.45, 2.75) is 63.2 Å². The molecule has 1 saturated heterocycles. The molecule has 0 bridgehead atoms. The molecule has 0 saturated carbocycles. The number of pyridine rings is 2. The van der Waals surface area contributed by atoms with Crippen LogP contribution in [0.3, 0.4) is 0 Å². The number of aromatic nitrogens is 4. The Morgan fingerprint density at radius 1 is 1.09 bits per heavy atom. The highest BCUT2D eigenvalue weighted by Gasteiger charge is 2.48. The van der Waals surface area contributed by atoms with Gasteiger partial charge in [0.15, 0.2) is 5.78 Å². The standard InChI is InChI=1S/C24H25F2N5O3S/c1-14-9-30-22(18-10-28-16(3)29-11-18)6-17(14)4-5-24(32)23-8-21(26)15(2)31(23)35(33,34)20-7-19(25)12-27-13-20/h6-7,9-13,15,21,23H,4-5,8H2,1-3H3/t15-,21+,23-/m0/s1. The number of aryl methyl sites for hydroxylation is 3. The lowest BCUT2D eigenvalue weighted by molar-refractivity contribution is -0.122. The molecule has 0 spiro atoms. The van der Waals surface area contributed by atoms with E-state index in [1.165, 1.54) is 6.92 Å². The van der Waals surface area contributed by atoms with Gasteiger partial charge >= 0.3 is 0 Å². The van der Waals surface area contributed by atoms with Crippen LogP contribution in [-0.2, 0) is 21.2 Å². The molecule has 1 aliphatic rings. The number of alkyl halides is 1. The SMILES string of the molecule is Cc1ncc(-c2cc(CCC(=O)[C@@H]3C[C@@H](F)[C@H](C)N3S(=O)(=O)c3cncc(F)c3)c(C)cn2)cn1. The number of rotatable bonds is 7. The van der Waals surface area contributed by atoms with Gasteiger partial charge in [-0.15, -0.1) is 0 Å². The van der Waals surface area contributed by atoms with Crippen molar-refractivity contribution in [1.29, 1.82) is 0 Å². The number of sulfonamides is 1. The zero-order valence-corrected chi connectivity index (χ0v) is 20.3. The van der Waals surface area contributed by atoms with Gasteiger partial charge in [0.1, 0.15) is 22.7 Å². The van der Waals surface area contributed by atoms with Gasteiger partial charge in [-0.05, 0) is 50.5 Å². The fourth-order valence-electron chi connectivity index (χ4n) is 4.21. The molecule has 0 unspecified atom stereocenters. The van der Waals surface area contributed by atoms with Gasteiger partial charge in [0.05, 0.1) is 24.0 Å². The first kappa shape index (κ1) is 24.9. The lowest BCUT2D eigenvalue weighted by Crippen LogP contribution is -2.44. The molecule has 8 nitrogen and oxygen atoms in total. The first-order valence-corrected chi connectivity index (χ1v) is 12.6. The van der Waals surface area contributed by atoms with Crippen LogP contribution in [-0.4, -0.2) is 56.7 Å². The summed E-state index contributed by atoms with van der Waals surface area (Å²) in [5.74, 6) is -0.598. The van der Waals surface area contributed by atoms with E-state index in [0.29, 0.717) is 17.9 Å². The van der Waals surface area contributed by atoms with Crippen molar-refractivity contribution in [1.82, 2.24) is 24.2 Å². The fraction of sp³-hybridized carbons (Fsp3) is 0.375. The molecule has 0 aliphatic carbocycles. The topological polar surface area (TPSA) is 106 Å². The maximum Gasteiger partial charge on any atom is 0.245 e. The predicted molar refractivity (Wildman–Crippen MR) is 124 cm³/mol. The van der Waals surface area contributed by atoms with Crippen LogP contribution in [0.5, 0.6) is 0 Å². The second-order valence-electron chi connectivity index (χ2n) is 8.66. The molecule has 1 fully saturated rings. The summed E-state index contributed by atoms with van der Waals surface area (Å²) in [6, 6.07) is 0.422. The Balaban J connectivity index is 1.55. The monoisotopic (exact) mass is 501 g/mol. The van der Waals surface area contributed by atoms with Crippen molar-refractivity contribution in [3.8, 4) is 11.3 Å².